The highest BCUT2D eigenvalue weighted by atomic mass is 14.9. The number of benzene rings is 2. The molecule has 1 heterocycles. The van der Waals surface area contributed by atoms with Gasteiger partial charge in [0.2, 0.25) is 0 Å². The van der Waals surface area contributed by atoms with Crippen molar-refractivity contribution in [1.29, 1.82) is 0 Å². The second kappa shape index (κ2) is 4.76. The van der Waals surface area contributed by atoms with Gasteiger partial charge in [0, 0.05) is 18.2 Å². The number of rotatable bonds is 4. The number of nitrogens with one attached hydrogen (secondary N) is 2. The summed E-state index contributed by atoms with van der Waals surface area (Å²) in [4.78, 5) is 8.07. The molecule has 3 heteroatoms. The molecule has 0 bridgehead atoms. The molecule has 0 amide bonds. The minimum Gasteiger partial charge on any atom is -0.338 e. The van der Waals surface area contributed by atoms with Crippen molar-refractivity contribution >= 4 is 11.0 Å². The molecule has 0 radical (unpaired) electrons. The van der Waals surface area contributed by atoms with Crippen molar-refractivity contribution in [1.82, 2.24) is 15.3 Å². The molecule has 1 aliphatic carbocycles. The van der Waals surface area contributed by atoms with Crippen LogP contribution in [0.5, 0.6) is 0 Å². The molecule has 1 fully saturated rings. The van der Waals surface area contributed by atoms with Crippen molar-refractivity contribution in [2.75, 3.05) is 0 Å². The van der Waals surface area contributed by atoms with E-state index in [1.54, 1.807) is 0 Å². The normalized spacial score (nSPS) is 14.8. The molecule has 0 aliphatic heterocycles. The molecule has 100 valence electrons. The van der Waals surface area contributed by atoms with E-state index in [4.69, 9.17) is 0 Å². The van der Waals surface area contributed by atoms with Gasteiger partial charge in [-0.15, -0.1) is 0 Å². The fraction of sp³-hybridized carbons (Fsp3) is 0.235. The van der Waals surface area contributed by atoms with Gasteiger partial charge in [0.25, 0.3) is 0 Å². The van der Waals surface area contributed by atoms with Crippen LogP contribution >= 0.6 is 0 Å². The Balaban J connectivity index is 1.64. The monoisotopic (exact) mass is 263 g/mol. The zero-order valence-electron chi connectivity index (χ0n) is 11.3. The maximum atomic E-state index is 4.66. The molecule has 0 spiro atoms. The molecule has 0 unspecified atom stereocenters. The van der Waals surface area contributed by atoms with Crippen molar-refractivity contribution in [3.63, 3.8) is 0 Å². The third-order valence-corrected chi connectivity index (χ3v) is 3.77. The highest BCUT2D eigenvalue weighted by Crippen LogP contribution is 2.22. The van der Waals surface area contributed by atoms with Crippen LogP contribution in [0.2, 0.25) is 0 Å². The lowest BCUT2D eigenvalue weighted by atomic mass is 10.2. The van der Waals surface area contributed by atoms with Crippen molar-refractivity contribution in [2.24, 2.45) is 0 Å². The molecule has 1 saturated carbocycles. The zero-order valence-corrected chi connectivity index (χ0v) is 11.3. The molecule has 20 heavy (non-hydrogen) atoms. The second-order valence-corrected chi connectivity index (χ2v) is 5.46. The van der Waals surface area contributed by atoms with Crippen LogP contribution in [-0.2, 0) is 6.54 Å². The largest absolute Gasteiger partial charge is 0.338 e. The maximum Gasteiger partial charge on any atom is 0.138 e. The third kappa shape index (κ3) is 2.32. The Morgan fingerprint density at radius 3 is 2.75 bits per heavy atom. The predicted octanol–water partition coefficient (Wildman–Crippen LogP) is 3.48. The summed E-state index contributed by atoms with van der Waals surface area (Å²) in [7, 11) is 0. The van der Waals surface area contributed by atoms with Crippen LogP contribution in [0.1, 0.15) is 18.4 Å². The molecule has 0 atom stereocenters. The van der Waals surface area contributed by atoms with Gasteiger partial charge in [0.05, 0.1) is 11.0 Å². The molecule has 3 nitrogen and oxygen atoms in total. The Hall–Kier alpha value is -2.13. The number of fused-ring (bicyclic) bond motifs is 1. The third-order valence-electron chi connectivity index (χ3n) is 3.77. The smallest absolute Gasteiger partial charge is 0.138 e. The van der Waals surface area contributed by atoms with E-state index in [9.17, 15) is 0 Å². The molecule has 1 aromatic heterocycles. The van der Waals surface area contributed by atoms with E-state index in [0.29, 0.717) is 0 Å². The Morgan fingerprint density at radius 1 is 1.10 bits per heavy atom. The van der Waals surface area contributed by atoms with E-state index in [1.807, 2.05) is 18.2 Å². The summed E-state index contributed by atoms with van der Waals surface area (Å²) < 4.78 is 0. The molecule has 3 aromatic rings. The highest BCUT2D eigenvalue weighted by Gasteiger charge is 2.19. The van der Waals surface area contributed by atoms with Gasteiger partial charge in [-0.2, -0.15) is 0 Å². The molecule has 2 aromatic carbocycles. The summed E-state index contributed by atoms with van der Waals surface area (Å²) in [6.07, 6.45) is 2.65. The Morgan fingerprint density at radius 2 is 1.95 bits per heavy atom. The number of aromatic amines is 1. The standard InChI is InChI=1S/C17H17N3/c1-2-4-13(5-3-1)17-19-15-9-6-12(10-16(15)20-17)11-18-14-7-8-14/h1-6,9-10,14,18H,7-8,11H2,(H,19,20). The highest BCUT2D eigenvalue weighted by molar-refractivity contribution is 5.80. The minimum atomic E-state index is 0.743. The van der Waals surface area contributed by atoms with Crippen molar-refractivity contribution in [2.45, 2.75) is 25.4 Å². The topological polar surface area (TPSA) is 40.7 Å². The van der Waals surface area contributed by atoms with Gasteiger partial charge in [0.15, 0.2) is 0 Å². The minimum absolute atomic E-state index is 0.743. The van der Waals surface area contributed by atoms with Crippen molar-refractivity contribution < 1.29 is 0 Å². The van der Waals surface area contributed by atoms with Crippen LogP contribution in [0.3, 0.4) is 0 Å². The van der Waals surface area contributed by atoms with Crippen LogP contribution in [0.15, 0.2) is 48.5 Å². The Kier molecular flexibility index (Phi) is 2.78. The van der Waals surface area contributed by atoms with Gasteiger partial charge in [-0.3, -0.25) is 0 Å². The van der Waals surface area contributed by atoms with E-state index in [1.165, 1.54) is 18.4 Å². The second-order valence-electron chi connectivity index (χ2n) is 5.46. The number of hydrogen-bond acceptors (Lipinski definition) is 2. The zero-order chi connectivity index (χ0) is 13.4. The van der Waals surface area contributed by atoms with Gasteiger partial charge in [-0.1, -0.05) is 36.4 Å². The molecular weight excluding hydrogens is 246 g/mol. The Bertz CT molecular complexity index is 726. The molecule has 2 N–H and O–H groups in total. The summed E-state index contributed by atoms with van der Waals surface area (Å²) in [6, 6.07) is 17.4. The lowest BCUT2D eigenvalue weighted by Crippen LogP contribution is -2.15. The molecule has 0 saturated heterocycles. The summed E-state index contributed by atoms with van der Waals surface area (Å²) >= 11 is 0. The number of aromatic nitrogens is 2. The lowest BCUT2D eigenvalue weighted by molar-refractivity contribution is 0.688. The van der Waals surface area contributed by atoms with Crippen LogP contribution in [0.4, 0.5) is 0 Å². The van der Waals surface area contributed by atoms with E-state index in [2.05, 4.69) is 45.6 Å². The quantitative estimate of drug-likeness (QED) is 0.756. The van der Waals surface area contributed by atoms with E-state index in [-0.39, 0.29) is 0 Å². The van der Waals surface area contributed by atoms with Crippen LogP contribution in [-0.4, -0.2) is 16.0 Å². The van der Waals surface area contributed by atoms with Gasteiger partial charge < -0.3 is 10.3 Å². The van der Waals surface area contributed by atoms with Crippen molar-refractivity contribution in [3.8, 4) is 11.4 Å². The van der Waals surface area contributed by atoms with Gasteiger partial charge in [-0.25, -0.2) is 4.98 Å². The summed E-state index contributed by atoms with van der Waals surface area (Å²) in [5.74, 6) is 0.938. The first kappa shape index (κ1) is 11.7. The van der Waals surface area contributed by atoms with Gasteiger partial charge in [-0.05, 0) is 30.5 Å². The maximum absolute atomic E-state index is 4.66. The molecule has 1 aliphatic rings. The van der Waals surface area contributed by atoms with Crippen LogP contribution in [0.25, 0.3) is 22.4 Å². The number of hydrogen-bond donors (Lipinski definition) is 2. The number of imidazole rings is 1. The van der Waals surface area contributed by atoms with Crippen LogP contribution < -0.4 is 5.32 Å². The molecular formula is C17H17N3. The number of nitrogens with zero attached hydrogens (tertiary/aromatic N) is 1. The van der Waals surface area contributed by atoms with E-state index < -0.39 is 0 Å². The van der Waals surface area contributed by atoms with Gasteiger partial charge in [0.1, 0.15) is 5.82 Å². The van der Waals surface area contributed by atoms with Gasteiger partial charge >= 0.3 is 0 Å². The lowest BCUT2D eigenvalue weighted by Gasteiger charge is -2.02. The van der Waals surface area contributed by atoms with Crippen molar-refractivity contribution in [3.05, 3.63) is 54.1 Å². The molecule has 4 rings (SSSR count). The van der Waals surface area contributed by atoms with E-state index in [0.717, 1.165) is 35.0 Å². The summed E-state index contributed by atoms with van der Waals surface area (Å²) in [5.41, 5.74) is 4.58. The Labute approximate surface area is 118 Å². The summed E-state index contributed by atoms with van der Waals surface area (Å²) in [5, 5.41) is 3.54. The first-order chi connectivity index (χ1) is 9.88. The summed E-state index contributed by atoms with van der Waals surface area (Å²) in [6.45, 7) is 0.945. The first-order valence-electron chi connectivity index (χ1n) is 7.16. The fourth-order valence-corrected chi connectivity index (χ4v) is 2.45. The number of H-pyrrole nitrogens is 1. The van der Waals surface area contributed by atoms with E-state index >= 15 is 0 Å². The SMILES string of the molecule is c1ccc(-c2nc3ccc(CNC4CC4)cc3[nH]2)cc1. The average molecular weight is 263 g/mol. The van der Waals surface area contributed by atoms with Crippen LogP contribution in [0, 0.1) is 0 Å². The predicted molar refractivity (Wildman–Crippen MR) is 81.4 cm³/mol. The average Bonchev–Trinajstić information content (AvgIpc) is 3.23. The first-order valence-corrected chi connectivity index (χ1v) is 7.16. The fourth-order valence-electron chi connectivity index (χ4n) is 2.45.